The van der Waals surface area contributed by atoms with E-state index >= 15 is 0 Å². The third-order valence-corrected chi connectivity index (χ3v) is 10.5. The van der Waals surface area contributed by atoms with Crippen molar-refractivity contribution in [1.29, 1.82) is 0 Å². The van der Waals surface area contributed by atoms with Gasteiger partial charge in [0.15, 0.2) is 4.27 Å². The normalized spacial score (nSPS) is 14.2. The second kappa shape index (κ2) is 11.7. The van der Waals surface area contributed by atoms with Gasteiger partial charge >= 0.3 is 0 Å². The molecule has 2 aromatic carbocycles. The summed E-state index contributed by atoms with van der Waals surface area (Å²) in [4.78, 5) is 1.71. The van der Waals surface area contributed by atoms with Crippen LogP contribution in [-0.2, 0) is 21.7 Å². The molecule has 39 heavy (non-hydrogen) atoms. The summed E-state index contributed by atoms with van der Waals surface area (Å²) >= 11 is 2.41. The maximum Gasteiger partial charge on any atom is 0.178 e. The summed E-state index contributed by atoms with van der Waals surface area (Å²) in [6, 6.07) is 12.6. The van der Waals surface area contributed by atoms with Gasteiger partial charge in [-0.05, 0) is 56.0 Å². The molecule has 0 aliphatic heterocycles. The van der Waals surface area contributed by atoms with Crippen molar-refractivity contribution in [3.8, 4) is 0 Å². The van der Waals surface area contributed by atoms with Gasteiger partial charge in [0.1, 0.15) is 0 Å². The zero-order chi connectivity index (χ0) is 30.2. The summed E-state index contributed by atoms with van der Waals surface area (Å²) in [5.74, 6) is 0. The van der Waals surface area contributed by atoms with Crippen LogP contribution in [0.25, 0.3) is 0 Å². The maximum atomic E-state index is 12.5. The molecule has 0 atom stereocenters. The van der Waals surface area contributed by atoms with E-state index in [2.05, 4.69) is 107 Å². The van der Waals surface area contributed by atoms with Gasteiger partial charge in [-0.1, -0.05) is 131 Å². The molecule has 4 nitrogen and oxygen atoms in total. The van der Waals surface area contributed by atoms with Crippen LogP contribution in [-0.4, -0.2) is 44.5 Å². The first-order chi connectivity index (χ1) is 17.5. The van der Waals surface area contributed by atoms with Crippen LogP contribution in [0.15, 0.2) is 46.2 Å². The highest BCUT2D eigenvalue weighted by Gasteiger charge is 2.53. The zero-order valence-corrected chi connectivity index (χ0v) is 27.8. The standard InChI is InChI=1S/C33H52O4S2/c1-28(2,3)22-13-15-26(24(17-22)30(7,8)9)38-33(37,32(19-34,20-35)21-36)39-27-16-14-23(29(4,5)6)18-25(27)31(10,11)12/h13-18,34-37H,19-21H2,1-12H3. The molecule has 0 heterocycles. The Labute approximate surface area is 246 Å². The molecule has 6 heteroatoms. The SMILES string of the molecule is CC(C)(C)c1ccc(SC(O)(Sc2ccc(C(C)(C)C)cc2C(C)(C)C)C(CO)(CO)CO)c(C(C)(C)C)c1. The first-order valence-corrected chi connectivity index (χ1v) is 15.4. The monoisotopic (exact) mass is 576 g/mol. The fourth-order valence-corrected chi connectivity index (χ4v) is 7.67. The number of aliphatic hydroxyl groups is 4. The lowest BCUT2D eigenvalue weighted by Gasteiger charge is -2.44. The average Bonchev–Trinajstić information content (AvgIpc) is 2.78. The average molecular weight is 577 g/mol. The van der Waals surface area contributed by atoms with E-state index in [1.807, 2.05) is 12.1 Å². The Balaban J connectivity index is 2.82. The Kier molecular flexibility index (Phi) is 10.3. The summed E-state index contributed by atoms with van der Waals surface area (Å²) < 4.78 is -1.78. The minimum Gasteiger partial charge on any atom is -0.395 e. The van der Waals surface area contributed by atoms with E-state index in [-0.39, 0.29) is 21.7 Å². The number of hydrogen-bond acceptors (Lipinski definition) is 6. The minimum absolute atomic E-state index is 0.0459. The van der Waals surface area contributed by atoms with E-state index in [0.29, 0.717) is 0 Å². The lowest BCUT2D eigenvalue weighted by atomic mass is 9.81. The van der Waals surface area contributed by atoms with Crippen LogP contribution in [0.5, 0.6) is 0 Å². The molecule has 0 radical (unpaired) electrons. The third kappa shape index (κ3) is 7.64. The number of rotatable bonds is 8. The van der Waals surface area contributed by atoms with Gasteiger partial charge in [-0.15, -0.1) is 0 Å². The highest BCUT2D eigenvalue weighted by Crippen LogP contribution is 2.56. The van der Waals surface area contributed by atoms with Gasteiger partial charge in [0.05, 0.1) is 25.2 Å². The number of aliphatic hydroxyl groups excluding tert-OH is 3. The zero-order valence-electron chi connectivity index (χ0n) is 26.2. The fourth-order valence-electron chi connectivity index (χ4n) is 4.33. The van der Waals surface area contributed by atoms with Crippen LogP contribution in [0.4, 0.5) is 0 Å². The molecule has 0 spiro atoms. The van der Waals surface area contributed by atoms with Crippen molar-refractivity contribution in [2.24, 2.45) is 5.41 Å². The topological polar surface area (TPSA) is 80.9 Å². The van der Waals surface area contributed by atoms with Crippen LogP contribution in [0.3, 0.4) is 0 Å². The van der Waals surface area contributed by atoms with Gasteiger partial charge < -0.3 is 20.4 Å². The summed E-state index contributed by atoms with van der Waals surface area (Å²) in [6.45, 7) is 24.2. The van der Waals surface area contributed by atoms with E-state index in [1.54, 1.807) is 0 Å². The second-order valence-electron chi connectivity index (χ2n) is 15.0. The molecule has 0 aliphatic carbocycles. The van der Waals surface area contributed by atoms with E-state index in [9.17, 15) is 20.4 Å². The molecule has 220 valence electrons. The maximum absolute atomic E-state index is 12.5. The molecule has 0 saturated carbocycles. The molecule has 0 aromatic heterocycles. The molecule has 0 saturated heterocycles. The first kappa shape index (κ1) is 34.2. The Morgan fingerprint density at radius 2 is 0.821 bits per heavy atom. The lowest BCUT2D eigenvalue weighted by Crippen LogP contribution is -2.51. The fraction of sp³-hybridized carbons (Fsp3) is 0.636. The van der Waals surface area contributed by atoms with Crippen molar-refractivity contribution in [3.05, 3.63) is 58.7 Å². The van der Waals surface area contributed by atoms with Crippen LogP contribution >= 0.6 is 23.5 Å². The van der Waals surface area contributed by atoms with Gasteiger partial charge in [-0.25, -0.2) is 0 Å². The van der Waals surface area contributed by atoms with Crippen LogP contribution in [0.1, 0.15) is 105 Å². The Hall–Kier alpha value is -1.02. The van der Waals surface area contributed by atoms with Crippen LogP contribution in [0.2, 0.25) is 0 Å². The van der Waals surface area contributed by atoms with E-state index in [1.165, 1.54) is 34.7 Å². The number of benzene rings is 2. The smallest absolute Gasteiger partial charge is 0.178 e. The summed E-state index contributed by atoms with van der Waals surface area (Å²) in [7, 11) is 0. The lowest BCUT2D eigenvalue weighted by molar-refractivity contribution is -0.0618. The van der Waals surface area contributed by atoms with E-state index in [0.717, 1.165) is 20.9 Å². The molecule has 0 unspecified atom stereocenters. The van der Waals surface area contributed by atoms with Crippen LogP contribution < -0.4 is 0 Å². The van der Waals surface area contributed by atoms with Gasteiger partial charge in [-0.3, -0.25) is 0 Å². The second-order valence-corrected chi connectivity index (χ2v) is 17.7. The van der Waals surface area contributed by atoms with Crippen molar-refractivity contribution in [1.82, 2.24) is 0 Å². The van der Waals surface area contributed by atoms with Gasteiger partial charge in [-0.2, -0.15) is 0 Å². The third-order valence-electron chi connectivity index (χ3n) is 7.38. The molecule has 2 rings (SSSR count). The molecule has 2 aromatic rings. The highest BCUT2D eigenvalue weighted by molar-refractivity contribution is 8.18. The molecule has 4 N–H and O–H groups in total. The molecular formula is C33H52O4S2. The quantitative estimate of drug-likeness (QED) is 0.194. The minimum atomic E-state index is -1.78. The number of hydrogen-bond donors (Lipinski definition) is 4. The van der Waals surface area contributed by atoms with E-state index < -0.39 is 29.5 Å². The Bertz CT molecular complexity index is 1040. The Morgan fingerprint density at radius 1 is 0.513 bits per heavy atom. The largest absolute Gasteiger partial charge is 0.395 e. The van der Waals surface area contributed by atoms with E-state index in [4.69, 9.17) is 0 Å². The summed E-state index contributed by atoms with van der Waals surface area (Å²) in [5, 5.41) is 44.1. The van der Waals surface area contributed by atoms with Crippen LogP contribution in [0, 0.1) is 5.41 Å². The van der Waals surface area contributed by atoms with Crippen molar-refractivity contribution < 1.29 is 20.4 Å². The van der Waals surface area contributed by atoms with Crippen molar-refractivity contribution in [3.63, 3.8) is 0 Å². The summed E-state index contributed by atoms with van der Waals surface area (Å²) in [6.07, 6.45) is 0. The van der Waals surface area contributed by atoms with Crippen molar-refractivity contribution >= 4 is 23.5 Å². The Morgan fingerprint density at radius 3 is 1.05 bits per heavy atom. The van der Waals surface area contributed by atoms with Crippen molar-refractivity contribution in [2.75, 3.05) is 19.8 Å². The molecule has 0 bridgehead atoms. The predicted octanol–water partition coefficient (Wildman–Crippen LogP) is 7.37. The van der Waals surface area contributed by atoms with Gasteiger partial charge in [0.25, 0.3) is 0 Å². The molecule has 0 aliphatic rings. The summed E-state index contributed by atoms with van der Waals surface area (Å²) in [5.41, 5.74) is 2.42. The molecule has 0 fully saturated rings. The van der Waals surface area contributed by atoms with Crippen molar-refractivity contribution in [2.45, 2.75) is 119 Å². The number of thioether (sulfide) groups is 2. The highest BCUT2D eigenvalue weighted by atomic mass is 32.2. The van der Waals surface area contributed by atoms with Gasteiger partial charge in [0, 0.05) is 9.79 Å². The van der Waals surface area contributed by atoms with Gasteiger partial charge in [0.2, 0.25) is 0 Å². The predicted molar refractivity (Wildman–Crippen MR) is 168 cm³/mol. The molecule has 0 amide bonds. The first-order valence-electron chi connectivity index (χ1n) is 13.8. The molecular weight excluding hydrogens is 524 g/mol.